The molecular formula is C17H19N. The Morgan fingerprint density at radius 3 is 2.00 bits per heavy atom. The minimum atomic E-state index is 0.114. The van der Waals surface area contributed by atoms with Gasteiger partial charge in [-0.1, -0.05) is 74.5 Å². The molecule has 0 saturated carbocycles. The van der Waals surface area contributed by atoms with Crippen molar-refractivity contribution in [2.75, 3.05) is 0 Å². The normalized spacial score (nSPS) is 26.3. The van der Waals surface area contributed by atoms with Gasteiger partial charge in [0.2, 0.25) is 0 Å². The van der Waals surface area contributed by atoms with Crippen LogP contribution in [0.5, 0.6) is 0 Å². The van der Waals surface area contributed by atoms with Crippen molar-refractivity contribution in [2.45, 2.75) is 25.4 Å². The quantitative estimate of drug-likeness (QED) is 0.804. The van der Waals surface area contributed by atoms with Gasteiger partial charge in [-0.15, -0.1) is 0 Å². The van der Waals surface area contributed by atoms with Crippen molar-refractivity contribution in [2.24, 2.45) is 5.92 Å². The summed E-state index contributed by atoms with van der Waals surface area (Å²) in [6, 6.07) is 22.0. The molecule has 92 valence electrons. The third-order valence-corrected chi connectivity index (χ3v) is 4.05. The summed E-state index contributed by atoms with van der Waals surface area (Å²) in [5.74, 6) is 0.574. The molecular weight excluding hydrogens is 218 g/mol. The number of hydrogen-bond acceptors (Lipinski definition) is 1. The summed E-state index contributed by atoms with van der Waals surface area (Å²) < 4.78 is 0. The molecule has 1 N–H and O–H groups in total. The molecule has 1 heteroatoms. The van der Waals surface area contributed by atoms with Crippen LogP contribution < -0.4 is 5.32 Å². The lowest BCUT2D eigenvalue weighted by atomic mass is 9.83. The van der Waals surface area contributed by atoms with E-state index >= 15 is 0 Å². The maximum Gasteiger partial charge on any atom is 0.0661 e. The van der Waals surface area contributed by atoms with Crippen LogP contribution in [0.2, 0.25) is 0 Å². The summed E-state index contributed by atoms with van der Waals surface area (Å²) in [5, 5.41) is 3.71. The lowest BCUT2D eigenvalue weighted by Crippen LogP contribution is -2.20. The fourth-order valence-electron chi connectivity index (χ4n) is 2.99. The van der Waals surface area contributed by atoms with E-state index < -0.39 is 0 Å². The molecule has 0 bridgehead atoms. The average Bonchev–Trinajstić information content (AvgIpc) is 3.18. The van der Waals surface area contributed by atoms with Gasteiger partial charge in [0.1, 0.15) is 0 Å². The van der Waals surface area contributed by atoms with Gasteiger partial charge in [-0.05, 0) is 17.0 Å². The Morgan fingerprint density at radius 2 is 1.44 bits per heavy atom. The molecule has 1 aliphatic rings. The molecule has 1 fully saturated rings. The molecule has 2 aromatic rings. The summed E-state index contributed by atoms with van der Waals surface area (Å²) in [4.78, 5) is 0. The first-order chi connectivity index (χ1) is 8.75. The number of hydrogen-bond donors (Lipinski definition) is 1. The summed E-state index contributed by atoms with van der Waals surface area (Å²) in [6.07, 6.45) is 0. The lowest BCUT2D eigenvalue weighted by Gasteiger charge is -2.20. The van der Waals surface area contributed by atoms with E-state index in [1.165, 1.54) is 11.1 Å². The highest BCUT2D eigenvalue weighted by molar-refractivity contribution is 5.41. The van der Waals surface area contributed by atoms with Crippen molar-refractivity contribution in [1.82, 2.24) is 5.32 Å². The maximum absolute atomic E-state index is 3.71. The van der Waals surface area contributed by atoms with Crippen LogP contribution >= 0.6 is 0 Å². The van der Waals surface area contributed by atoms with Gasteiger partial charge in [0, 0.05) is 0 Å². The smallest absolute Gasteiger partial charge is 0.0661 e. The van der Waals surface area contributed by atoms with E-state index in [9.17, 15) is 0 Å². The SMILES string of the molecule is CC(C)[C@@]1(c2ccccc2)N[C@H]1c1ccccc1. The average molecular weight is 237 g/mol. The van der Waals surface area contributed by atoms with Gasteiger partial charge in [0.25, 0.3) is 0 Å². The molecule has 18 heavy (non-hydrogen) atoms. The Hall–Kier alpha value is -1.60. The van der Waals surface area contributed by atoms with Crippen LogP contribution in [0.4, 0.5) is 0 Å². The standard InChI is InChI=1S/C17H19N/c1-13(2)17(15-11-7-4-8-12-15)16(18-17)14-9-5-3-6-10-14/h3-13,16,18H,1-2H3/t16-,17-/m0/s1. The van der Waals surface area contributed by atoms with E-state index in [1.54, 1.807) is 0 Å². The summed E-state index contributed by atoms with van der Waals surface area (Å²) in [5.41, 5.74) is 2.90. The summed E-state index contributed by atoms with van der Waals surface area (Å²) >= 11 is 0. The van der Waals surface area contributed by atoms with Gasteiger partial charge in [-0.3, -0.25) is 5.32 Å². The zero-order chi connectivity index (χ0) is 12.6. The molecule has 0 amide bonds. The van der Waals surface area contributed by atoms with Gasteiger partial charge in [-0.25, -0.2) is 0 Å². The zero-order valence-corrected chi connectivity index (χ0v) is 10.9. The topological polar surface area (TPSA) is 21.9 Å². The molecule has 1 aliphatic heterocycles. The van der Waals surface area contributed by atoms with E-state index in [0.29, 0.717) is 12.0 Å². The van der Waals surface area contributed by atoms with Crippen LogP contribution in [-0.4, -0.2) is 0 Å². The second-order valence-corrected chi connectivity index (χ2v) is 5.38. The zero-order valence-electron chi connectivity index (χ0n) is 10.9. The minimum Gasteiger partial charge on any atom is -0.297 e. The number of rotatable bonds is 3. The van der Waals surface area contributed by atoms with E-state index in [4.69, 9.17) is 0 Å². The number of nitrogens with one attached hydrogen (secondary N) is 1. The first-order valence-electron chi connectivity index (χ1n) is 6.63. The molecule has 2 aromatic carbocycles. The van der Waals surface area contributed by atoms with Gasteiger partial charge in [0.05, 0.1) is 11.6 Å². The predicted octanol–water partition coefficient (Wildman–Crippen LogP) is 3.88. The van der Waals surface area contributed by atoms with Gasteiger partial charge < -0.3 is 0 Å². The van der Waals surface area contributed by atoms with Crippen LogP contribution in [0.3, 0.4) is 0 Å². The molecule has 0 spiro atoms. The molecule has 1 heterocycles. The Balaban J connectivity index is 1.98. The van der Waals surface area contributed by atoms with Crippen LogP contribution in [-0.2, 0) is 5.54 Å². The monoisotopic (exact) mass is 237 g/mol. The molecule has 1 nitrogen and oxygen atoms in total. The Kier molecular flexibility index (Phi) is 2.71. The van der Waals surface area contributed by atoms with Crippen LogP contribution in [0.1, 0.15) is 31.0 Å². The highest BCUT2D eigenvalue weighted by Gasteiger charge is 2.57. The van der Waals surface area contributed by atoms with Crippen molar-refractivity contribution in [3.8, 4) is 0 Å². The van der Waals surface area contributed by atoms with Crippen molar-refractivity contribution in [1.29, 1.82) is 0 Å². The highest BCUT2D eigenvalue weighted by Crippen LogP contribution is 2.53. The van der Waals surface area contributed by atoms with Crippen LogP contribution in [0.25, 0.3) is 0 Å². The van der Waals surface area contributed by atoms with Crippen LogP contribution in [0, 0.1) is 5.92 Å². The van der Waals surface area contributed by atoms with Crippen molar-refractivity contribution in [3.63, 3.8) is 0 Å². The van der Waals surface area contributed by atoms with Crippen molar-refractivity contribution < 1.29 is 0 Å². The van der Waals surface area contributed by atoms with E-state index in [0.717, 1.165) is 0 Å². The minimum absolute atomic E-state index is 0.114. The fraction of sp³-hybridized carbons (Fsp3) is 0.294. The van der Waals surface area contributed by atoms with E-state index in [-0.39, 0.29) is 5.54 Å². The molecule has 0 aromatic heterocycles. The Labute approximate surface area is 109 Å². The summed E-state index contributed by atoms with van der Waals surface area (Å²) in [7, 11) is 0. The van der Waals surface area contributed by atoms with Gasteiger partial charge in [-0.2, -0.15) is 0 Å². The van der Waals surface area contributed by atoms with Crippen molar-refractivity contribution in [3.05, 3.63) is 71.8 Å². The molecule has 0 aliphatic carbocycles. The Bertz CT molecular complexity index is 518. The predicted molar refractivity (Wildman–Crippen MR) is 75.3 cm³/mol. The second-order valence-electron chi connectivity index (χ2n) is 5.38. The number of benzene rings is 2. The molecule has 1 saturated heterocycles. The molecule has 3 rings (SSSR count). The van der Waals surface area contributed by atoms with Gasteiger partial charge in [0.15, 0.2) is 0 Å². The maximum atomic E-state index is 3.71. The highest BCUT2D eigenvalue weighted by atomic mass is 15.2. The second kappa shape index (κ2) is 4.25. The third-order valence-electron chi connectivity index (χ3n) is 4.05. The van der Waals surface area contributed by atoms with Gasteiger partial charge >= 0.3 is 0 Å². The van der Waals surface area contributed by atoms with Crippen LogP contribution in [0.15, 0.2) is 60.7 Å². The molecule has 2 atom stereocenters. The third kappa shape index (κ3) is 1.67. The molecule has 0 unspecified atom stereocenters. The van der Waals surface area contributed by atoms with Crippen molar-refractivity contribution >= 4 is 0 Å². The lowest BCUT2D eigenvalue weighted by molar-refractivity contribution is 0.455. The van der Waals surface area contributed by atoms with E-state index in [2.05, 4.69) is 79.8 Å². The first-order valence-corrected chi connectivity index (χ1v) is 6.63. The largest absolute Gasteiger partial charge is 0.297 e. The first kappa shape index (κ1) is 11.5. The Morgan fingerprint density at radius 1 is 0.889 bits per heavy atom. The van der Waals surface area contributed by atoms with E-state index in [1.807, 2.05) is 0 Å². The summed E-state index contributed by atoms with van der Waals surface area (Å²) in [6.45, 7) is 4.59. The molecule has 0 radical (unpaired) electrons. The fourth-order valence-corrected chi connectivity index (χ4v) is 2.99.